The first-order valence-corrected chi connectivity index (χ1v) is 6.65. The third-order valence-corrected chi connectivity index (χ3v) is 3.02. The molecule has 2 aromatic rings. The number of carbonyl (C=O) groups is 1. The highest BCUT2D eigenvalue weighted by Gasteiger charge is 2.04. The van der Waals surface area contributed by atoms with Crippen LogP contribution in [0.5, 0.6) is 0 Å². The van der Waals surface area contributed by atoms with E-state index in [1.807, 2.05) is 30.3 Å². The van der Waals surface area contributed by atoms with Crippen molar-refractivity contribution in [2.24, 2.45) is 0 Å². The molecule has 0 radical (unpaired) electrons. The number of rotatable bonds is 3. The van der Waals surface area contributed by atoms with Gasteiger partial charge in [0.1, 0.15) is 0 Å². The maximum Gasteiger partial charge on any atom is 0.323 e. The quantitative estimate of drug-likeness (QED) is 0.841. The van der Waals surface area contributed by atoms with E-state index in [2.05, 4.69) is 10.6 Å². The molecule has 0 unspecified atom stereocenters. The summed E-state index contributed by atoms with van der Waals surface area (Å²) in [6.07, 6.45) is 3.36. The molecular weight excluding hydrogens is 295 g/mol. The van der Waals surface area contributed by atoms with Crippen LogP contribution in [-0.2, 0) is 0 Å². The molecule has 0 saturated carbocycles. The lowest BCUT2D eigenvalue weighted by atomic mass is 10.2. The molecule has 0 aliphatic rings. The summed E-state index contributed by atoms with van der Waals surface area (Å²) in [5.74, 6) is 0. The van der Waals surface area contributed by atoms with E-state index in [4.69, 9.17) is 23.2 Å². The fourth-order valence-electron chi connectivity index (χ4n) is 1.53. The summed E-state index contributed by atoms with van der Waals surface area (Å²) in [7, 11) is 0. The largest absolute Gasteiger partial charge is 0.323 e. The van der Waals surface area contributed by atoms with Crippen molar-refractivity contribution in [3.8, 4) is 0 Å². The first kappa shape index (κ1) is 14.4. The van der Waals surface area contributed by atoms with E-state index in [1.165, 1.54) is 0 Å². The number of amides is 2. The van der Waals surface area contributed by atoms with E-state index < -0.39 is 0 Å². The van der Waals surface area contributed by atoms with Crippen LogP contribution in [0.3, 0.4) is 0 Å². The molecule has 2 aromatic carbocycles. The molecule has 0 aliphatic heterocycles. The van der Waals surface area contributed by atoms with Gasteiger partial charge in [0.05, 0.1) is 10.7 Å². The Labute approximate surface area is 127 Å². The fourth-order valence-corrected chi connectivity index (χ4v) is 1.98. The van der Waals surface area contributed by atoms with E-state index >= 15 is 0 Å². The molecule has 0 heterocycles. The van der Waals surface area contributed by atoms with Crippen LogP contribution >= 0.6 is 23.2 Å². The van der Waals surface area contributed by atoms with Crippen molar-refractivity contribution in [1.82, 2.24) is 5.32 Å². The Kier molecular flexibility index (Phi) is 5.04. The van der Waals surface area contributed by atoms with Gasteiger partial charge in [0, 0.05) is 11.2 Å². The third kappa shape index (κ3) is 4.30. The van der Waals surface area contributed by atoms with Crippen molar-refractivity contribution in [3.63, 3.8) is 0 Å². The molecule has 0 bridgehead atoms. The summed E-state index contributed by atoms with van der Waals surface area (Å²) in [6.45, 7) is 0. The Morgan fingerprint density at radius 2 is 1.80 bits per heavy atom. The number of urea groups is 1. The van der Waals surface area contributed by atoms with Crippen LogP contribution in [0.25, 0.3) is 6.08 Å². The fraction of sp³-hybridized carbons (Fsp3) is 0. The number of hydrogen-bond donors (Lipinski definition) is 2. The zero-order valence-electron chi connectivity index (χ0n) is 10.4. The first-order chi connectivity index (χ1) is 9.65. The Morgan fingerprint density at radius 1 is 1.05 bits per heavy atom. The Bertz CT molecular complexity index is 627. The number of anilines is 1. The van der Waals surface area contributed by atoms with Crippen LogP contribution in [-0.4, -0.2) is 6.03 Å². The average Bonchev–Trinajstić information content (AvgIpc) is 2.43. The molecule has 2 rings (SSSR count). The monoisotopic (exact) mass is 306 g/mol. The van der Waals surface area contributed by atoms with E-state index in [-0.39, 0.29) is 6.03 Å². The lowest BCUT2D eigenvalue weighted by Gasteiger charge is -2.06. The summed E-state index contributed by atoms with van der Waals surface area (Å²) in [5, 5.41) is 6.14. The molecule has 5 heteroatoms. The topological polar surface area (TPSA) is 41.1 Å². The standard InChI is InChI=1S/C15H12Cl2N2O/c16-12-6-7-14(13(17)10-12)19-15(20)18-9-8-11-4-2-1-3-5-11/h1-10H,(H2,18,19,20)/b9-8+. The number of benzene rings is 2. The van der Waals surface area contributed by atoms with Gasteiger partial charge in [0.2, 0.25) is 0 Å². The molecule has 102 valence electrons. The molecule has 0 spiro atoms. The van der Waals surface area contributed by atoms with Gasteiger partial charge in [-0.15, -0.1) is 0 Å². The maximum atomic E-state index is 11.7. The van der Waals surface area contributed by atoms with Gasteiger partial charge in [-0.1, -0.05) is 53.5 Å². The summed E-state index contributed by atoms with van der Waals surface area (Å²) in [4.78, 5) is 11.7. The summed E-state index contributed by atoms with van der Waals surface area (Å²) >= 11 is 11.7. The van der Waals surface area contributed by atoms with Gasteiger partial charge in [0.15, 0.2) is 0 Å². The van der Waals surface area contributed by atoms with Gasteiger partial charge < -0.3 is 10.6 Å². The molecule has 3 nitrogen and oxygen atoms in total. The van der Waals surface area contributed by atoms with Crippen molar-refractivity contribution in [3.05, 3.63) is 70.3 Å². The first-order valence-electron chi connectivity index (χ1n) is 5.89. The van der Waals surface area contributed by atoms with Crippen LogP contribution in [0, 0.1) is 0 Å². The molecule has 0 saturated heterocycles. The minimum atomic E-state index is -0.374. The molecule has 2 N–H and O–H groups in total. The van der Waals surface area contributed by atoms with E-state index in [0.29, 0.717) is 15.7 Å². The van der Waals surface area contributed by atoms with Crippen molar-refractivity contribution < 1.29 is 4.79 Å². The van der Waals surface area contributed by atoms with Gasteiger partial charge in [-0.3, -0.25) is 0 Å². The van der Waals surface area contributed by atoms with E-state index in [0.717, 1.165) is 5.56 Å². The van der Waals surface area contributed by atoms with Gasteiger partial charge in [0.25, 0.3) is 0 Å². The molecule has 20 heavy (non-hydrogen) atoms. The van der Waals surface area contributed by atoms with Crippen LogP contribution < -0.4 is 10.6 Å². The van der Waals surface area contributed by atoms with Gasteiger partial charge in [-0.2, -0.15) is 0 Å². The normalized spacial score (nSPS) is 10.5. The van der Waals surface area contributed by atoms with E-state index in [1.54, 1.807) is 30.5 Å². The predicted molar refractivity (Wildman–Crippen MR) is 84.1 cm³/mol. The van der Waals surface area contributed by atoms with Gasteiger partial charge in [-0.25, -0.2) is 4.79 Å². The second-order valence-electron chi connectivity index (χ2n) is 3.97. The van der Waals surface area contributed by atoms with Gasteiger partial charge in [-0.05, 0) is 29.8 Å². The molecule has 0 aliphatic carbocycles. The Hall–Kier alpha value is -1.97. The zero-order valence-corrected chi connectivity index (χ0v) is 11.9. The van der Waals surface area contributed by atoms with Crippen LogP contribution in [0.15, 0.2) is 54.7 Å². The second kappa shape index (κ2) is 6.98. The van der Waals surface area contributed by atoms with Crippen molar-refractivity contribution in [2.75, 3.05) is 5.32 Å². The minimum absolute atomic E-state index is 0.374. The number of hydrogen-bond acceptors (Lipinski definition) is 1. The molecule has 0 fully saturated rings. The zero-order chi connectivity index (χ0) is 14.4. The van der Waals surface area contributed by atoms with Crippen molar-refractivity contribution in [1.29, 1.82) is 0 Å². The SMILES string of the molecule is O=C(N/C=C/c1ccccc1)Nc1ccc(Cl)cc1Cl. The molecule has 2 amide bonds. The summed E-state index contributed by atoms with van der Waals surface area (Å²) in [5.41, 5.74) is 1.50. The highest BCUT2D eigenvalue weighted by molar-refractivity contribution is 6.36. The van der Waals surface area contributed by atoms with E-state index in [9.17, 15) is 4.79 Å². The Balaban J connectivity index is 1.91. The third-order valence-electron chi connectivity index (χ3n) is 2.47. The second-order valence-corrected chi connectivity index (χ2v) is 4.81. The van der Waals surface area contributed by atoms with Gasteiger partial charge >= 0.3 is 6.03 Å². The lowest BCUT2D eigenvalue weighted by Crippen LogP contribution is -2.23. The lowest BCUT2D eigenvalue weighted by molar-refractivity contribution is 0.255. The highest BCUT2D eigenvalue weighted by atomic mass is 35.5. The summed E-state index contributed by atoms with van der Waals surface area (Å²) < 4.78 is 0. The number of halogens is 2. The summed E-state index contributed by atoms with van der Waals surface area (Å²) in [6, 6.07) is 14.1. The number of nitrogens with one attached hydrogen (secondary N) is 2. The Morgan fingerprint density at radius 3 is 2.50 bits per heavy atom. The van der Waals surface area contributed by atoms with Crippen LogP contribution in [0.2, 0.25) is 10.0 Å². The van der Waals surface area contributed by atoms with Crippen LogP contribution in [0.4, 0.5) is 10.5 Å². The van der Waals surface area contributed by atoms with Crippen molar-refractivity contribution >= 4 is 41.0 Å². The molecule has 0 aromatic heterocycles. The minimum Gasteiger partial charge on any atom is -0.314 e. The average molecular weight is 307 g/mol. The molecular formula is C15H12Cl2N2O. The smallest absolute Gasteiger partial charge is 0.314 e. The van der Waals surface area contributed by atoms with Crippen LogP contribution in [0.1, 0.15) is 5.56 Å². The number of carbonyl (C=O) groups excluding carboxylic acids is 1. The highest BCUT2D eigenvalue weighted by Crippen LogP contribution is 2.25. The van der Waals surface area contributed by atoms with Crippen molar-refractivity contribution in [2.45, 2.75) is 0 Å². The maximum absolute atomic E-state index is 11.7. The molecule has 0 atom stereocenters. The predicted octanol–water partition coefficient (Wildman–Crippen LogP) is 4.79.